The molecule has 0 saturated carbocycles. The average molecular weight is 456 g/mol. The predicted octanol–water partition coefficient (Wildman–Crippen LogP) is -3.16. The van der Waals surface area contributed by atoms with E-state index in [4.69, 9.17) is 0 Å². The zero-order valence-corrected chi connectivity index (χ0v) is 19.6. The molecule has 166 valence electrons. The third kappa shape index (κ3) is 3.77. The second-order valence-electron chi connectivity index (χ2n) is 8.42. The zero-order valence-electron chi connectivity index (χ0n) is 18.6. The van der Waals surface area contributed by atoms with Crippen molar-refractivity contribution in [3.8, 4) is 0 Å². The molecule has 4 aliphatic heterocycles. The van der Waals surface area contributed by atoms with Crippen LogP contribution in [-0.2, 0) is 20.9 Å². The molecule has 1 aromatic carbocycles. The van der Waals surface area contributed by atoms with E-state index < -0.39 is 35.5 Å². The molecule has 0 bridgehead atoms. The van der Waals surface area contributed by atoms with E-state index >= 15 is 0 Å². The maximum Gasteiger partial charge on any atom is 1.00 e. The number of nitrogens with one attached hydrogen (secondary N) is 1. The maximum atomic E-state index is 13.8. The third-order valence-corrected chi connectivity index (χ3v) is 6.67. The molecule has 0 aliphatic carbocycles. The van der Waals surface area contributed by atoms with Gasteiger partial charge >= 0.3 is 29.6 Å². The number of carbonyl (C=O) groups excluding carboxylic acids is 3. The molecular weight excluding hydrogens is 433 g/mol. The molecule has 4 heterocycles. The fourth-order valence-electron chi connectivity index (χ4n) is 5.12. The van der Waals surface area contributed by atoms with E-state index in [0.29, 0.717) is 25.2 Å². The molecule has 2 N–H and O–H groups in total. The van der Waals surface area contributed by atoms with Crippen LogP contribution in [0.25, 0.3) is 0 Å². The number of fused-ring (bicyclic) bond motifs is 4. The van der Waals surface area contributed by atoms with Crippen molar-refractivity contribution in [3.05, 3.63) is 47.2 Å². The van der Waals surface area contributed by atoms with Crippen molar-refractivity contribution in [2.75, 3.05) is 19.6 Å². The van der Waals surface area contributed by atoms with Crippen LogP contribution in [0.2, 0.25) is 0 Å². The van der Waals surface area contributed by atoms with Crippen molar-refractivity contribution in [1.82, 2.24) is 20.0 Å². The average Bonchev–Trinajstić information content (AvgIpc) is 3.32. The van der Waals surface area contributed by atoms with E-state index in [2.05, 4.69) is 10.2 Å². The summed E-state index contributed by atoms with van der Waals surface area (Å²) in [5, 5.41) is 13.0. The van der Waals surface area contributed by atoms with E-state index in [1.165, 1.54) is 12.3 Å². The van der Waals surface area contributed by atoms with Gasteiger partial charge in [0.2, 0.25) is 11.7 Å². The smallest absolute Gasteiger partial charge is 1.00 e. The van der Waals surface area contributed by atoms with Gasteiger partial charge in [0.15, 0.2) is 0 Å². The minimum absolute atomic E-state index is 0. The molecule has 3 fully saturated rings. The number of Topliss-reactive ketones (excluding diaryl/α,β-unsaturated/α-hetero) is 1. The summed E-state index contributed by atoms with van der Waals surface area (Å²) < 4.78 is 26.9. The molecule has 32 heavy (non-hydrogen) atoms. The summed E-state index contributed by atoms with van der Waals surface area (Å²) in [6.45, 7) is 1.62. The number of ketones is 1. The molecule has 1 aromatic rings. The van der Waals surface area contributed by atoms with Crippen molar-refractivity contribution >= 4 is 17.6 Å². The number of amides is 2. The molecule has 4 atom stereocenters. The zero-order chi connectivity index (χ0) is 21.9. The van der Waals surface area contributed by atoms with Gasteiger partial charge in [0.25, 0.3) is 5.91 Å². The summed E-state index contributed by atoms with van der Waals surface area (Å²) in [7, 11) is 0. The topological polar surface area (TPSA) is 93.2 Å². The minimum atomic E-state index is -1.66. The quantitative estimate of drug-likeness (QED) is 0.369. The Morgan fingerprint density at radius 3 is 2.78 bits per heavy atom. The summed E-state index contributed by atoms with van der Waals surface area (Å²) >= 11 is 0. The maximum absolute atomic E-state index is 13.8. The molecule has 2 amide bonds. The third-order valence-electron chi connectivity index (χ3n) is 6.67. The minimum Gasteiger partial charge on any atom is -1.00 e. The predicted molar refractivity (Wildman–Crippen MR) is 104 cm³/mol. The van der Waals surface area contributed by atoms with Crippen LogP contribution in [0.3, 0.4) is 0 Å². The van der Waals surface area contributed by atoms with Gasteiger partial charge in [0.05, 0.1) is 6.54 Å². The van der Waals surface area contributed by atoms with Crippen molar-refractivity contribution in [1.29, 1.82) is 0 Å². The molecule has 0 radical (unpaired) electrons. The van der Waals surface area contributed by atoms with E-state index in [9.17, 15) is 28.3 Å². The number of halogens is 2. The van der Waals surface area contributed by atoms with Gasteiger partial charge in [-0.1, -0.05) is 6.07 Å². The molecule has 0 aromatic heterocycles. The number of hydrogen-bond acceptors (Lipinski definition) is 6. The van der Waals surface area contributed by atoms with Gasteiger partial charge < -0.3 is 21.6 Å². The van der Waals surface area contributed by atoms with E-state index in [-0.39, 0.29) is 60.7 Å². The number of hydrogen-bond donors (Lipinski definition) is 2. The summed E-state index contributed by atoms with van der Waals surface area (Å²) in [5.41, 5.74) is -0.227. The molecule has 3 saturated heterocycles. The molecule has 8 nitrogen and oxygen atoms in total. The first-order valence-corrected chi connectivity index (χ1v) is 10.3. The first-order valence-electron chi connectivity index (χ1n) is 10.3. The normalized spacial score (nSPS) is 29.2. The van der Waals surface area contributed by atoms with Crippen LogP contribution in [-0.4, -0.2) is 81.4 Å². The second-order valence-corrected chi connectivity index (χ2v) is 8.42. The summed E-state index contributed by atoms with van der Waals surface area (Å²) in [6.07, 6.45) is 1.60. The Hall–Kier alpha value is -1.85. The Morgan fingerprint density at radius 1 is 1.25 bits per heavy atom. The Bertz CT molecular complexity index is 1010. The first kappa shape index (κ1) is 23.3. The number of aliphatic hydroxyl groups excluding tert-OH is 1. The number of aliphatic hydroxyl groups is 1. The van der Waals surface area contributed by atoms with Gasteiger partial charge in [-0.05, 0) is 18.9 Å². The van der Waals surface area contributed by atoms with Gasteiger partial charge in [-0.25, -0.2) is 8.78 Å². The Kier molecular flexibility index (Phi) is 6.43. The Balaban J connectivity index is 0.00000153. The van der Waals surface area contributed by atoms with Crippen LogP contribution < -0.4 is 34.9 Å². The van der Waals surface area contributed by atoms with Gasteiger partial charge in [0.1, 0.15) is 35.5 Å². The van der Waals surface area contributed by atoms with Crippen LogP contribution >= 0.6 is 0 Å². The van der Waals surface area contributed by atoms with Crippen LogP contribution in [0.5, 0.6) is 0 Å². The monoisotopic (exact) mass is 456 g/mol. The van der Waals surface area contributed by atoms with E-state index in [1.54, 1.807) is 9.80 Å². The van der Waals surface area contributed by atoms with Gasteiger partial charge in [-0.15, -0.1) is 0 Å². The summed E-state index contributed by atoms with van der Waals surface area (Å²) in [5.74, 6) is -3.48. The largest absolute Gasteiger partial charge is 1.00 e. The van der Waals surface area contributed by atoms with Crippen LogP contribution in [0, 0.1) is 11.6 Å². The van der Waals surface area contributed by atoms with Crippen molar-refractivity contribution in [2.45, 2.75) is 43.7 Å². The Labute approximate surface area is 207 Å². The Morgan fingerprint density at radius 2 is 2.03 bits per heavy atom. The van der Waals surface area contributed by atoms with Gasteiger partial charge in [0, 0.05) is 43.5 Å². The standard InChI is InChI=1S/C21H22F2N4O4.Na.H/c22-12-4-3-11(15(23)6-12)7-24-20(30)14-9-25-10-16-26-5-1-2-13(26)8-27(16)21(31)17(25)19(29)18(14)28;;/h3-4,6,9,13,16-17,19,29H,1-2,5,7-8,10H2,(H,24,30);;/q;+1;-1/t13-,16+,17?,19?;;/m1../s1. The van der Waals surface area contributed by atoms with E-state index in [1.807, 2.05) is 0 Å². The molecule has 4 aliphatic rings. The first-order chi connectivity index (χ1) is 14.8. The molecule has 0 spiro atoms. The van der Waals surface area contributed by atoms with Crippen molar-refractivity contribution in [2.24, 2.45) is 0 Å². The van der Waals surface area contributed by atoms with Crippen LogP contribution in [0.15, 0.2) is 30.0 Å². The molecular formula is C21H23F2N4NaO4. The van der Waals surface area contributed by atoms with Crippen molar-refractivity contribution < 1.29 is 59.3 Å². The van der Waals surface area contributed by atoms with Crippen LogP contribution in [0.1, 0.15) is 19.8 Å². The van der Waals surface area contributed by atoms with E-state index in [0.717, 1.165) is 25.5 Å². The fraction of sp³-hybridized carbons (Fsp3) is 0.476. The van der Waals surface area contributed by atoms with Crippen LogP contribution in [0.4, 0.5) is 8.78 Å². The number of benzene rings is 1. The second kappa shape index (κ2) is 8.83. The number of piperazine rings is 1. The number of carbonyl (C=O) groups is 3. The SMILES string of the molecule is O=C(NCc1ccc(F)cc1F)C1=CN2C[C@@H]3N(C[C@H]4CCCN43)C(=O)C2C(O)C1=O.[H-].[Na+]. The van der Waals surface area contributed by atoms with Gasteiger partial charge in [-0.3, -0.25) is 19.3 Å². The molecule has 5 rings (SSSR count). The number of nitrogens with zero attached hydrogens (tertiary/aromatic N) is 3. The summed E-state index contributed by atoms with van der Waals surface area (Å²) in [4.78, 5) is 43.9. The summed E-state index contributed by atoms with van der Waals surface area (Å²) in [6, 6.07) is 2.23. The van der Waals surface area contributed by atoms with Gasteiger partial charge in [-0.2, -0.15) is 0 Å². The molecule has 2 unspecified atom stereocenters. The number of rotatable bonds is 3. The fourth-order valence-corrected chi connectivity index (χ4v) is 5.12. The van der Waals surface area contributed by atoms with Crippen molar-refractivity contribution in [3.63, 3.8) is 0 Å². The molecule has 11 heteroatoms.